The summed E-state index contributed by atoms with van der Waals surface area (Å²) in [4.78, 5) is 4.37. The normalized spacial score (nSPS) is 30.2. The van der Waals surface area contributed by atoms with E-state index in [4.69, 9.17) is 11.6 Å². The van der Waals surface area contributed by atoms with E-state index in [1.165, 1.54) is 25.7 Å². The number of hydrogen-bond donors (Lipinski definition) is 3. The molecule has 2 atom stereocenters. The Balaban J connectivity index is 2.54. The molecule has 1 aliphatic carbocycles. The molecular formula is C9H20N4. The summed E-state index contributed by atoms with van der Waals surface area (Å²) in [5.41, 5.74) is 7.92. The first kappa shape index (κ1) is 10.3. The summed E-state index contributed by atoms with van der Waals surface area (Å²) in [6.07, 6.45) is 6.22. The Morgan fingerprint density at radius 3 is 2.77 bits per heavy atom. The summed E-state index contributed by atoms with van der Waals surface area (Å²) in [5, 5.41) is 0. The van der Waals surface area contributed by atoms with Crippen molar-refractivity contribution in [3.63, 3.8) is 0 Å². The zero-order valence-corrected chi connectivity index (χ0v) is 8.29. The first-order chi connectivity index (χ1) is 6.27. The van der Waals surface area contributed by atoms with E-state index in [0.29, 0.717) is 17.9 Å². The van der Waals surface area contributed by atoms with Gasteiger partial charge in [0.2, 0.25) is 5.96 Å². The molecule has 0 aliphatic heterocycles. The fourth-order valence-electron chi connectivity index (χ4n) is 2.05. The molecule has 1 aliphatic rings. The lowest BCUT2D eigenvalue weighted by Crippen LogP contribution is -2.39. The van der Waals surface area contributed by atoms with E-state index in [-0.39, 0.29) is 0 Å². The van der Waals surface area contributed by atoms with Crippen molar-refractivity contribution in [2.24, 2.45) is 22.5 Å². The summed E-state index contributed by atoms with van der Waals surface area (Å²) in [6, 6.07) is 0.384. The fourth-order valence-corrected chi connectivity index (χ4v) is 2.05. The van der Waals surface area contributed by atoms with Gasteiger partial charge in [-0.15, -0.1) is 0 Å². The van der Waals surface area contributed by atoms with Crippen molar-refractivity contribution < 1.29 is 0 Å². The standard InChI is InChI=1S/C9H20N4/c1-2-7-5-3-4-6-8(7)12-9(10)13-11/h7-8H,2-6,11H2,1H3,(H3,10,12,13). The molecule has 0 amide bonds. The average Bonchev–Trinajstić information content (AvgIpc) is 2.18. The Morgan fingerprint density at radius 1 is 1.46 bits per heavy atom. The second-order valence-corrected chi connectivity index (χ2v) is 3.68. The molecule has 4 nitrogen and oxygen atoms in total. The maximum Gasteiger partial charge on any atom is 0.203 e. The van der Waals surface area contributed by atoms with Gasteiger partial charge in [-0.25, -0.2) is 10.8 Å². The van der Waals surface area contributed by atoms with Crippen molar-refractivity contribution in [3.05, 3.63) is 0 Å². The van der Waals surface area contributed by atoms with Crippen LogP contribution in [0.3, 0.4) is 0 Å². The molecule has 0 aromatic carbocycles. The second-order valence-electron chi connectivity index (χ2n) is 3.68. The molecule has 1 fully saturated rings. The third-order valence-corrected chi connectivity index (χ3v) is 2.85. The molecule has 1 saturated carbocycles. The summed E-state index contributed by atoms with van der Waals surface area (Å²) in [5.74, 6) is 6.23. The fraction of sp³-hybridized carbons (Fsp3) is 0.889. The van der Waals surface area contributed by atoms with Crippen LogP contribution >= 0.6 is 0 Å². The molecule has 0 aromatic heterocycles. The molecule has 0 radical (unpaired) electrons. The highest BCUT2D eigenvalue weighted by Gasteiger charge is 2.22. The Hall–Kier alpha value is -0.770. The number of nitrogens with one attached hydrogen (secondary N) is 1. The Labute approximate surface area is 79.7 Å². The van der Waals surface area contributed by atoms with Crippen LogP contribution in [0, 0.1) is 5.92 Å². The lowest BCUT2D eigenvalue weighted by Gasteiger charge is -2.27. The summed E-state index contributed by atoms with van der Waals surface area (Å²) in [7, 11) is 0. The third kappa shape index (κ3) is 2.88. The van der Waals surface area contributed by atoms with E-state index in [1.807, 2.05) is 0 Å². The van der Waals surface area contributed by atoms with E-state index in [0.717, 1.165) is 6.42 Å². The first-order valence-electron chi connectivity index (χ1n) is 5.07. The second kappa shape index (κ2) is 5.07. The minimum absolute atomic E-state index is 0.366. The molecule has 0 aromatic rings. The average molecular weight is 184 g/mol. The predicted molar refractivity (Wildman–Crippen MR) is 55.0 cm³/mol. The highest BCUT2D eigenvalue weighted by atomic mass is 15.3. The molecule has 0 bridgehead atoms. The SMILES string of the molecule is CCC1CCCCC1N=C(N)NN. The third-order valence-electron chi connectivity index (χ3n) is 2.85. The number of hydrogen-bond acceptors (Lipinski definition) is 2. The molecule has 0 saturated heterocycles. The molecular weight excluding hydrogens is 164 g/mol. The Bertz CT molecular complexity index is 178. The number of rotatable bonds is 2. The van der Waals surface area contributed by atoms with Crippen molar-refractivity contribution >= 4 is 5.96 Å². The van der Waals surface area contributed by atoms with E-state index in [9.17, 15) is 0 Å². The van der Waals surface area contributed by atoms with Crippen molar-refractivity contribution in [3.8, 4) is 0 Å². The molecule has 2 unspecified atom stereocenters. The molecule has 0 spiro atoms. The van der Waals surface area contributed by atoms with Gasteiger partial charge in [-0.05, 0) is 18.8 Å². The van der Waals surface area contributed by atoms with Gasteiger partial charge in [0.15, 0.2) is 0 Å². The van der Waals surface area contributed by atoms with Crippen LogP contribution in [-0.2, 0) is 0 Å². The molecule has 1 rings (SSSR count). The molecule has 4 heteroatoms. The van der Waals surface area contributed by atoms with Gasteiger partial charge in [-0.3, -0.25) is 5.43 Å². The lowest BCUT2D eigenvalue weighted by atomic mass is 9.83. The largest absolute Gasteiger partial charge is 0.369 e. The van der Waals surface area contributed by atoms with E-state index >= 15 is 0 Å². The number of hydrazine groups is 1. The lowest BCUT2D eigenvalue weighted by molar-refractivity contribution is 0.301. The van der Waals surface area contributed by atoms with Crippen LogP contribution in [-0.4, -0.2) is 12.0 Å². The van der Waals surface area contributed by atoms with Gasteiger partial charge >= 0.3 is 0 Å². The van der Waals surface area contributed by atoms with Crippen LogP contribution in [0.1, 0.15) is 39.0 Å². The maximum absolute atomic E-state index is 5.53. The van der Waals surface area contributed by atoms with Gasteiger partial charge in [0.1, 0.15) is 0 Å². The van der Waals surface area contributed by atoms with Gasteiger partial charge in [0.05, 0.1) is 6.04 Å². The summed E-state index contributed by atoms with van der Waals surface area (Å²) >= 11 is 0. The van der Waals surface area contributed by atoms with Gasteiger partial charge in [0, 0.05) is 0 Å². The number of nitrogens with zero attached hydrogens (tertiary/aromatic N) is 1. The van der Waals surface area contributed by atoms with Gasteiger partial charge in [-0.1, -0.05) is 26.2 Å². The van der Waals surface area contributed by atoms with Crippen LogP contribution in [0.5, 0.6) is 0 Å². The zero-order chi connectivity index (χ0) is 9.68. The van der Waals surface area contributed by atoms with Gasteiger partial charge in [0.25, 0.3) is 0 Å². The summed E-state index contributed by atoms with van der Waals surface area (Å²) in [6.45, 7) is 2.21. The number of guanidine groups is 1. The Morgan fingerprint density at radius 2 is 2.15 bits per heavy atom. The highest BCUT2D eigenvalue weighted by molar-refractivity contribution is 5.77. The first-order valence-corrected chi connectivity index (χ1v) is 5.07. The van der Waals surface area contributed by atoms with E-state index in [1.54, 1.807) is 0 Å². The van der Waals surface area contributed by atoms with Crippen molar-refractivity contribution in [1.82, 2.24) is 5.43 Å². The maximum atomic E-state index is 5.53. The van der Waals surface area contributed by atoms with E-state index in [2.05, 4.69) is 17.3 Å². The van der Waals surface area contributed by atoms with Crippen LogP contribution in [0.25, 0.3) is 0 Å². The Kier molecular flexibility index (Phi) is 4.02. The van der Waals surface area contributed by atoms with E-state index < -0.39 is 0 Å². The highest BCUT2D eigenvalue weighted by Crippen LogP contribution is 2.28. The zero-order valence-electron chi connectivity index (χ0n) is 8.29. The van der Waals surface area contributed by atoms with Crippen molar-refractivity contribution in [1.29, 1.82) is 0 Å². The molecule has 76 valence electrons. The number of nitrogens with two attached hydrogens (primary N) is 2. The topological polar surface area (TPSA) is 76.4 Å². The van der Waals surface area contributed by atoms with Gasteiger partial charge in [-0.2, -0.15) is 0 Å². The molecule has 13 heavy (non-hydrogen) atoms. The van der Waals surface area contributed by atoms with Crippen molar-refractivity contribution in [2.45, 2.75) is 45.1 Å². The van der Waals surface area contributed by atoms with Crippen LogP contribution < -0.4 is 17.0 Å². The van der Waals surface area contributed by atoms with Crippen LogP contribution in [0.4, 0.5) is 0 Å². The quantitative estimate of drug-likeness (QED) is 0.256. The molecule has 5 N–H and O–H groups in total. The number of aliphatic imine (C=N–C) groups is 1. The minimum atomic E-state index is 0.366. The monoisotopic (exact) mass is 184 g/mol. The predicted octanol–water partition coefficient (Wildman–Crippen LogP) is 0.733. The van der Waals surface area contributed by atoms with Crippen molar-refractivity contribution in [2.75, 3.05) is 0 Å². The molecule has 0 heterocycles. The smallest absolute Gasteiger partial charge is 0.203 e. The van der Waals surface area contributed by atoms with Crippen LogP contribution in [0.15, 0.2) is 4.99 Å². The van der Waals surface area contributed by atoms with Crippen LogP contribution in [0.2, 0.25) is 0 Å². The summed E-state index contributed by atoms with van der Waals surface area (Å²) < 4.78 is 0. The minimum Gasteiger partial charge on any atom is -0.369 e. The van der Waals surface area contributed by atoms with Gasteiger partial charge < -0.3 is 5.73 Å².